The quantitative estimate of drug-likeness (QED) is 0.520. The molecule has 1 N–H and O–H groups in total. The first-order valence-electron chi connectivity index (χ1n) is 9.84. The fraction of sp³-hybridized carbons (Fsp3) is 0.250. The molecule has 0 saturated carbocycles. The number of nitrogens with zero attached hydrogens (tertiary/aromatic N) is 1. The molecule has 1 saturated heterocycles. The lowest BCUT2D eigenvalue weighted by Gasteiger charge is -2.35. The van der Waals surface area contributed by atoms with Gasteiger partial charge in [0.25, 0.3) is 0 Å². The Kier molecular flexibility index (Phi) is 7.30. The number of hydrogen-bond donors (Lipinski definition) is 1. The number of aliphatic hydroxyl groups excluding tert-OH is 1. The molecule has 0 aromatic heterocycles. The molecule has 1 fully saturated rings. The maximum atomic E-state index is 11.2. The molecule has 1 heterocycles. The highest BCUT2D eigenvalue weighted by Crippen LogP contribution is 2.40. The van der Waals surface area contributed by atoms with Crippen molar-refractivity contribution in [3.63, 3.8) is 0 Å². The van der Waals surface area contributed by atoms with Crippen LogP contribution < -0.4 is 0 Å². The molecule has 5 heteroatoms. The fourth-order valence-corrected chi connectivity index (χ4v) is 5.36. The van der Waals surface area contributed by atoms with Crippen molar-refractivity contribution in [2.24, 2.45) is 0 Å². The summed E-state index contributed by atoms with van der Waals surface area (Å²) in [4.78, 5) is 5.71. The van der Waals surface area contributed by atoms with Gasteiger partial charge in [-0.15, -0.1) is 11.8 Å². The zero-order valence-corrected chi connectivity index (χ0v) is 17.8. The summed E-state index contributed by atoms with van der Waals surface area (Å²) in [6.45, 7) is 2.86. The van der Waals surface area contributed by atoms with E-state index in [0.29, 0.717) is 13.2 Å². The van der Waals surface area contributed by atoms with Crippen LogP contribution in [0.1, 0.15) is 10.8 Å². The summed E-state index contributed by atoms with van der Waals surface area (Å²) in [5.41, 5.74) is 1.13. The van der Waals surface area contributed by atoms with Crippen LogP contribution in [-0.2, 0) is 4.74 Å². The highest BCUT2D eigenvalue weighted by atomic mass is 32.2. The van der Waals surface area contributed by atoms with Crippen molar-refractivity contribution in [3.8, 4) is 0 Å². The Bertz CT molecular complexity index is 868. The van der Waals surface area contributed by atoms with Crippen LogP contribution in [0.25, 0.3) is 0 Å². The van der Waals surface area contributed by atoms with Gasteiger partial charge in [-0.25, -0.2) is 0 Å². The van der Waals surface area contributed by atoms with Gasteiger partial charge < -0.3 is 9.84 Å². The van der Waals surface area contributed by atoms with E-state index in [1.165, 1.54) is 9.79 Å². The lowest BCUT2D eigenvalue weighted by molar-refractivity contribution is -0.0589. The molecule has 0 aliphatic carbocycles. The highest BCUT2D eigenvalue weighted by Gasteiger charge is 2.29. The van der Waals surface area contributed by atoms with Crippen molar-refractivity contribution in [2.75, 3.05) is 26.3 Å². The van der Waals surface area contributed by atoms with Crippen molar-refractivity contribution in [2.45, 2.75) is 26.2 Å². The molecule has 3 aromatic rings. The molecule has 150 valence electrons. The van der Waals surface area contributed by atoms with Gasteiger partial charge in [0.15, 0.2) is 0 Å². The minimum Gasteiger partial charge on any atom is -0.379 e. The van der Waals surface area contributed by atoms with E-state index in [1.54, 1.807) is 23.5 Å². The lowest BCUT2D eigenvalue weighted by Crippen LogP contribution is -2.45. The van der Waals surface area contributed by atoms with Crippen molar-refractivity contribution < 1.29 is 9.84 Å². The first-order valence-corrected chi connectivity index (χ1v) is 11.5. The van der Waals surface area contributed by atoms with Crippen LogP contribution in [0.2, 0.25) is 0 Å². The number of hydrogen-bond acceptors (Lipinski definition) is 5. The Morgan fingerprint density at radius 2 is 1.28 bits per heavy atom. The second-order valence-electron chi connectivity index (χ2n) is 6.90. The summed E-state index contributed by atoms with van der Waals surface area (Å²) in [5.74, 6) is 0. The van der Waals surface area contributed by atoms with Gasteiger partial charge in [0.05, 0.1) is 18.5 Å². The smallest absolute Gasteiger partial charge is 0.124 e. The zero-order chi connectivity index (χ0) is 19.9. The molecule has 4 rings (SSSR count). The SMILES string of the molecule is O[C@H]([C@@H](Sc1ccccc1)c1ccc(Sc2ccccc2)cc1)N1CCOCC1. The van der Waals surface area contributed by atoms with Crippen molar-refractivity contribution in [1.82, 2.24) is 4.90 Å². The third-order valence-corrected chi connectivity index (χ3v) is 7.21. The summed E-state index contributed by atoms with van der Waals surface area (Å²) >= 11 is 3.47. The Morgan fingerprint density at radius 1 is 0.724 bits per heavy atom. The number of benzene rings is 3. The lowest BCUT2D eigenvalue weighted by atomic mass is 10.1. The van der Waals surface area contributed by atoms with Crippen LogP contribution in [-0.4, -0.2) is 42.5 Å². The molecule has 2 atom stereocenters. The first kappa shape index (κ1) is 20.5. The molecule has 1 aliphatic rings. The Balaban J connectivity index is 1.54. The topological polar surface area (TPSA) is 32.7 Å². The minimum absolute atomic E-state index is 0.0636. The van der Waals surface area contributed by atoms with Crippen LogP contribution in [0.4, 0.5) is 0 Å². The van der Waals surface area contributed by atoms with Gasteiger partial charge in [-0.1, -0.05) is 60.3 Å². The number of rotatable bonds is 7. The molecule has 3 nitrogen and oxygen atoms in total. The van der Waals surface area contributed by atoms with Crippen LogP contribution >= 0.6 is 23.5 Å². The monoisotopic (exact) mass is 423 g/mol. The summed E-state index contributed by atoms with van der Waals surface area (Å²) in [5, 5.41) is 11.1. The molecule has 29 heavy (non-hydrogen) atoms. The minimum atomic E-state index is -0.559. The van der Waals surface area contributed by atoms with Gasteiger partial charge in [0.1, 0.15) is 6.23 Å². The fourth-order valence-electron chi connectivity index (χ4n) is 3.33. The number of ether oxygens (including phenoxy) is 1. The molecule has 0 spiro atoms. The van der Waals surface area contributed by atoms with Crippen LogP contribution in [0.5, 0.6) is 0 Å². The van der Waals surface area contributed by atoms with E-state index < -0.39 is 6.23 Å². The normalized spacial score (nSPS) is 17.0. The predicted molar refractivity (Wildman–Crippen MR) is 120 cm³/mol. The van der Waals surface area contributed by atoms with E-state index >= 15 is 0 Å². The number of morpholine rings is 1. The maximum absolute atomic E-state index is 11.2. The highest BCUT2D eigenvalue weighted by molar-refractivity contribution is 7.99. The molecule has 0 amide bonds. The molecular formula is C24H25NO2S2. The maximum Gasteiger partial charge on any atom is 0.124 e. The van der Waals surface area contributed by atoms with Gasteiger partial charge in [0, 0.05) is 27.8 Å². The molecule has 1 aliphatic heterocycles. The second kappa shape index (κ2) is 10.3. The largest absolute Gasteiger partial charge is 0.379 e. The second-order valence-corrected chi connectivity index (χ2v) is 9.26. The van der Waals surface area contributed by atoms with E-state index in [2.05, 4.69) is 65.6 Å². The average molecular weight is 424 g/mol. The summed E-state index contributed by atoms with van der Waals surface area (Å²) in [6.07, 6.45) is -0.559. The Hall–Kier alpha value is -1.76. The van der Waals surface area contributed by atoms with Crippen LogP contribution in [0.3, 0.4) is 0 Å². The number of thioether (sulfide) groups is 1. The first-order chi connectivity index (χ1) is 14.3. The van der Waals surface area contributed by atoms with Crippen LogP contribution in [0.15, 0.2) is 99.6 Å². The third kappa shape index (κ3) is 5.65. The zero-order valence-electron chi connectivity index (χ0n) is 16.2. The van der Waals surface area contributed by atoms with Crippen LogP contribution in [0, 0.1) is 0 Å². The molecule has 3 aromatic carbocycles. The summed E-state index contributed by atoms with van der Waals surface area (Å²) < 4.78 is 5.46. The molecular weight excluding hydrogens is 398 g/mol. The van der Waals surface area contributed by atoms with Crippen molar-refractivity contribution in [3.05, 3.63) is 90.5 Å². The van der Waals surface area contributed by atoms with Gasteiger partial charge >= 0.3 is 0 Å². The summed E-state index contributed by atoms with van der Waals surface area (Å²) in [7, 11) is 0. The van der Waals surface area contributed by atoms with Gasteiger partial charge in [-0.3, -0.25) is 4.90 Å². The Labute approximate surface area is 181 Å². The van der Waals surface area contributed by atoms with Gasteiger partial charge in [0.2, 0.25) is 0 Å². The average Bonchev–Trinajstić information content (AvgIpc) is 2.80. The van der Waals surface area contributed by atoms with E-state index in [1.807, 2.05) is 24.3 Å². The molecule has 0 bridgehead atoms. The molecule has 0 unspecified atom stereocenters. The van der Waals surface area contributed by atoms with E-state index in [9.17, 15) is 5.11 Å². The summed E-state index contributed by atoms with van der Waals surface area (Å²) in [6, 6.07) is 29.3. The number of aliphatic hydroxyl groups is 1. The predicted octanol–water partition coefficient (Wildman–Crippen LogP) is 5.32. The van der Waals surface area contributed by atoms with E-state index in [4.69, 9.17) is 4.74 Å². The van der Waals surface area contributed by atoms with E-state index in [0.717, 1.165) is 23.5 Å². The van der Waals surface area contributed by atoms with Gasteiger partial charge in [-0.2, -0.15) is 0 Å². The third-order valence-electron chi connectivity index (χ3n) is 4.88. The van der Waals surface area contributed by atoms with Crippen molar-refractivity contribution in [1.29, 1.82) is 0 Å². The van der Waals surface area contributed by atoms with Crippen molar-refractivity contribution >= 4 is 23.5 Å². The molecule has 0 radical (unpaired) electrons. The standard InChI is InChI=1S/C24H25NO2S2/c26-24(25-15-17-27-18-16-25)23(29-21-9-5-2-6-10-21)19-11-13-22(14-12-19)28-20-7-3-1-4-8-20/h1-14,23-24,26H,15-18H2/t23-,24+/m0/s1. The van der Waals surface area contributed by atoms with E-state index in [-0.39, 0.29) is 5.25 Å². The van der Waals surface area contributed by atoms with Gasteiger partial charge in [-0.05, 0) is 42.0 Å². The Morgan fingerprint density at radius 3 is 1.90 bits per heavy atom.